The molecule has 1 heteroatoms. The minimum absolute atomic E-state index is 1.02. The molecule has 0 unspecified atom stereocenters. The van der Waals surface area contributed by atoms with Crippen LogP contribution in [0.4, 0.5) is 0 Å². The van der Waals surface area contributed by atoms with Gasteiger partial charge in [-0.05, 0) is 61.9 Å². The number of aryl methyl sites for hydroxylation is 3. The average Bonchev–Trinajstić information content (AvgIpc) is 2.96. The van der Waals surface area contributed by atoms with Gasteiger partial charge in [-0.2, -0.15) is 0 Å². The van der Waals surface area contributed by atoms with E-state index in [2.05, 4.69) is 58.0 Å². The van der Waals surface area contributed by atoms with Crippen molar-refractivity contribution in [3.8, 4) is 16.9 Å². The van der Waals surface area contributed by atoms with E-state index in [1.165, 1.54) is 44.5 Å². The molecule has 0 aromatic heterocycles. The molecule has 0 amide bonds. The highest BCUT2D eigenvalue weighted by atomic mass is 16.5. The zero-order chi connectivity index (χ0) is 17.9. The monoisotopic (exact) mass is 322 g/mol. The predicted octanol–water partition coefficient (Wildman–Crippen LogP) is 6.66. The van der Waals surface area contributed by atoms with Gasteiger partial charge in [0.2, 0.25) is 0 Å². The zero-order valence-corrected chi connectivity index (χ0v) is 16.2. The molecule has 0 saturated carbocycles. The van der Waals surface area contributed by atoms with Crippen LogP contribution in [0.15, 0.2) is 29.8 Å². The lowest BCUT2D eigenvalue weighted by atomic mass is 9.91. The van der Waals surface area contributed by atoms with Crippen molar-refractivity contribution in [3.05, 3.63) is 57.7 Å². The maximum atomic E-state index is 5.78. The van der Waals surface area contributed by atoms with Gasteiger partial charge in [-0.3, -0.25) is 0 Å². The third-order valence-corrected chi connectivity index (χ3v) is 4.54. The highest BCUT2D eigenvalue weighted by molar-refractivity contribution is 5.83. The number of ether oxygens (including phenoxy) is 1. The molecule has 3 rings (SSSR count). The van der Waals surface area contributed by atoms with Crippen molar-refractivity contribution < 1.29 is 4.74 Å². The molecule has 0 atom stereocenters. The number of hydrogen-bond donors (Lipinski definition) is 0. The third kappa shape index (κ3) is 3.40. The van der Waals surface area contributed by atoms with Crippen molar-refractivity contribution in [2.45, 2.75) is 54.4 Å². The molecule has 24 heavy (non-hydrogen) atoms. The summed E-state index contributed by atoms with van der Waals surface area (Å²) in [6.45, 7) is 12.7. The Labute approximate surface area is 147 Å². The number of hydrogen-bond acceptors (Lipinski definition) is 1. The Kier molecular flexibility index (Phi) is 5.88. The van der Waals surface area contributed by atoms with Crippen molar-refractivity contribution in [2.75, 3.05) is 7.11 Å². The third-order valence-electron chi connectivity index (χ3n) is 4.54. The smallest absolute Gasteiger partial charge is 0.129 e. The van der Waals surface area contributed by atoms with Crippen LogP contribution in [-0.4, -0.2) is 7.11 Å². The summed E-state index contributed by atoms with van der Waals surface area (Å²) < 4.78 is 5.78. The van der Waals surface area contributed by atoms with Crippen molar-refractivity contribution in [1.29, 1.82) is 0 Å². The van der Waals surface area contributed by atoms with Gasteiger partial charge in [-0.15, -0.1) is 0 Å². The largest absolute Gasteiger partial charge is 0.496 e. The molecular formula is C23H30O. The summed E-state index contributed by atoms with van der Waals surface area (Å²) in [6, 6.07) is 9.04. The maximum Gasteiger partial charge on any atom is 0.129 e. The Hall–Kier alpha value is -2.02. The average molecular weight is 322 g/mol. The molecule has 0 heterocycles. The fourth-order valence-electron chi connectivity index (χ4n) is 3.60. The van der Waals surface area contributed by atoms with Crippen LogP contribution in [0, 0.1) is 20.8 Å². The molecule has 0 radical (unpaired) electrons. The number of fused-ring (bicyclic) bond motifs is 1. The second-order valence-electron chi connectivity index (χ2n) is 6.38. The van der Waals surface area contributed by atoms with Gasteiger partial charge in [0, 0.05) is 5.56 Å². The van der Waals surface area contributed by atoms with E-state index in [4.69, 9.17) is 4.74 Å². The van der Waals surface area contributed by atoms with E-state index in [0.29, 0.717) is 0 Å². The first-order valence-electron chi connectivity index (χ1n) is 9.02. The van der Waals surface area contributed by atoms with Crippen LogP contribution in [0.3, 0.4) is 0 Å². The molecule has 2 aromatic rings. The first-order chi connectivity index (χ1) is 11.5. The summed E-state index contributed by atoms with van der Waals surface area (Å²) in [5.74, 6) is 1.02. The van der Waals surface area contributed by atoms with Crippen LogP contribution in [0.5, 0.6) is 5.75 Å². The predicted molar refractivity (Wildman–Crippen MR) is 106 cm³/mol. The lowest BCUT2D eigenvalue weighted by Gasteiger charge is -2.18. The molecule has 2 aromatic carbocycles. The van der Waals surface area contributed by atoms with E-state index in [9.17, 15) is 0 Å². The van der Waals surface area contributed by atoms with Crippen LogP contribution >= 0.6 is 0 Å². The van der Waals surface area contributed by atoms with Gasteiger partial charge in [0.1, 0.15) is 5.75 Å². The molecule has 1 aliphatic carbocycles. The maximum absolute atomic E-state index is 5.78. The van der Waals surface area contributed by atoms with Gasteiger partial charge in [0.25, 0.3) is 0 Å². The Morgan fingerprint density at radius 2 is 1.58 bits per heavy atom. The molecule has 0 aliphatic heterocycles. The summed E-state index contributed by atoms with van der Waals surface area (Å²) in [5.41, 5.74) is 10.7. The SMILES string of the molecule is CC.CCC1=Cc2cc(C)c(OC)c(-c3cc(C)cc(C)c3)c2C1. The second-order valence-corrected chi connectivity index (χ2v) is 6.38. The Balaban J connectivity index is 0.00000100. The molecular weight excluding hydrogens is 292 g/mol. The van der Waals surface area contributed by atoms with Gasteiger partial charge >= 0.3 is 0 Å². The summed E-state index contributed by atoms with van der Waals surface area (Å²) in [6.07, 6.45) is 4.51. The summed E-state index contributed by atoms with van der Waals surface area (Å²) in [4.78, 5) is 0. The minimum atomic E-state index is 1.02. The molecule has 0 spiro atoms. The van der Waals surface area contributed by atoms with Crippen LogP contribution in [-0.2, 0) is 6.42 Å². The Morgan fingerprint density at radius 1 is 0.958 bits per heavy atom. The van der Waals surface area contributed by atoms with E-state index in [-0.39, 0.29) is 0 Å². The molecule has 0 N–H and O–H groups in total. The number of benzene rings is 2. The lowest BCUT2D eigenvalue weighted by Crippen LogP contribution is -1.98. The van der Waals surface area contributed by atoms with Crippen molar-refractivity contribution in [1.82, 2.24) is 0 Å². The van der Waals surface area contributed by atoms with Crippen LogP contribution in [0.2, 0.25) is 0 Å². The highest BCUT2D eigenvalue weighted by Crippen LogP contribution is 2.43. The molecule has 1 nitrogen and oxygen atoms in total. The number of rotatable bonds is 3. The van der Waals surface area contributed by atoms with Gasteiger partial charge in [-0.25, -0.2) is 0 Å². The molecule has 128 valence electrons. The van der Waals surface area contributed by atoms with Crippen molar-refractivity contribution >= 4 is 6.08 Å². The zero-order valence-electron chi connectivity index (χ0n) is 16.2. The summed E-state index contributed by atoms with van der Waals surface area (Å²) in [5, 5.41) is 0. The normalized spacial score (nSPS) is 12.2. The van der Waals surface area contributed by atoms with Crippen molar-refractivity contribution in [3.63, 3.8) is 0 Å². The van der Waals surface area contributed by atoms with E-state index < -0.39 is 0 Å². The van der Waals surface area contributed by atoms with Gasteiger partial charge < -0.3 is 4.74 Å². The van der Waals surface area contributed by atoms with Gasteiger partial charge in [0.15, 0.2) is 0 Å². The van der Waals surface area contributed by atoms with E-state index in [1.807, 2.05) is 13.8 Å². The van der Waals surface area contributed by atoms with Crippen molar-refractivity contribution in [2.24, 2.45) is 0 Å². The fourth-order valence-corrected chi connectivity index (χ4v) is 3.60. The molecule has 1 aliphatic rings. The minimum Gasteiger partial charge on any atom is -0.496 e. The number of allylic oxidation sites excluding steroid dienone is 1. The highest BCUT2D eigenvalue weighted by Gasteiger charge is 2.22. The fraction of sp³-hybridized carbons (Fsp3) is 0.391. The summed E-state index contributed by atoms with van der Waals surface area (Å²) >= 11 is 0. The molecule has 0 fully saturated rings. The second kappa shape index (κ2) is 7.70. The molecule has 0 saturated heterocycles. The molecule has 0 bridgehead atoms. The topological polar surface area (TPSA) is 9.23 Å². The lowest BCUT2D eigenvalue weighted by molar-refractivity contribution is 0.413. The van der Waals surface area contributed by atoms with Gasteiger partial charge in [-0.1, -0.05) is 61.7 Å². The van der Waals surface area contributed by atoms with E-state index >= 15 is 0 Å². The Morgan fingerprint density at radius 3 is 2.12 bits per heavy atom. The van der Waals surface area contributed by atoms with Gasteiger partial charge in [0.05, 0.1) is 7.11 Å². The standard InChI is InChI=1S/C21H24O.C2H6/c1-6-16-11-17-10-15(4)21(22-5)20(19(17)12-16)18-8-13(2)7-14(3)9-18;1-2/h7-11H,6,12H2,1-5H3;1-2H3. The summed E-state index contributed by atoms with van der Waals surface area (Å²) in [7, 11) is 1.78. The van der Waals surface area contributed by atoms with E-state index in [0.717, 1.165) is 18.6 Å². The first-order valence-corrected chi connectivity index (χ1v) is 9.02. The van der Waals surface area contributed by atoms with Crippen LogP contribution in [0.1, 0.15) is 55.0 Å². The van der Waals surface area contributed by atoms with Crippen LogP contribution in [0.25, 0.3) is 17.2 Å². The van der Waals surface area contributed by atoms with Crippen LogP contribution < -0.4 is 4.74 Å². The first kappa shape index (κ1) is 18.3. The van der Waals surface area contributed by atoms with E-state index in [1.54, 1.807) is 7.11 Å². The quantitative estimate of drug-likeness (QED) is 0.613. The Bertz CT molecular complexity index is 746. The number of methoxy groups -OCH3 is 1.